The molecule has 0 unspecified atom stereocenters. The lowest BCUT2D eigenvalue weighted by Crippen LogP contribution is -2.29. The summed E-state index contributed by atoms with van der Waals surface area (Å²) in [5.74, 6) is -0.259. The molecule has 1 fully saturated rings. The fraction of sp³-hybridized carbons (Fsp3) is 0.389. The lowest BCUT2D eigenvalue weighted by Gasteiger charge is -2.20. The molecule has 0 spiro atoms. The Kier molecular flexibility index (Phi) is 4.39. The van der Waals surface area contributed by atoms with Gasteiger partial charge in [0.2, 0.25) is 0 Å². The predicted molar refractivity (Wildman–Crippen MR) is 86.4 cm³/mol. The van der Waals surface area contributed by atoms with E-state index >= 15 is 0 Å². The molecule has 0 saturated heterocycles. The fourth-order valence-corrected chi connectivity index (χ4v) is 3.30. The molecule has 0 radical (unpaired) electrons. The average molecular weight is 300 g/mol. The number of nitrogens with zero attached hydrogens (tertiary/aromatic N) is 1. The summed E-state index contributed by atoms with van der Waals surface area (Å²) >= 11 is 0. The van der Waals surface area contributed by atoms with Crippen LogP contribution in [0.5, 0.6) is 0 Å². The van der Waals surface area contributed by atoms with Gasteiger partial charge in [0.15, 0.2) is 0 Å². The summed E-state index contributed by atoms with van der Waals surface area (Å²) in [6.45, 7) is 0.565. The molecule has 3 rings (SSSR count). The normalized spacial score (nSPS) is 15.4. The van der Waals surface area contributed by atoms with Crippen LogP contribution in [0.4, 0.5) is 4.39 Å². The van der Waals surface area contributed by atoms with E-state index < -0.39 is 0 Å². The van der Waals surface area contributed by atoms with Gasteiger partial charge < -0.3 is 9.88 Å². The van der Waals surface area contributed by atoms with Crippen molar-refractivity contribution >= 4 is 0 Å². The van der Waals surface area contributed by atoms with Crippen molar-refractivity contribution in [3.05, 3.63) is 58.1 Å². The molecule has 0 bridgehead atoms. The summed E-state index contributed by atoms with van der Waals surface area (Å²) in [6.07, 6.45) is 4.40. The maximum atomic E-state index is 13.2. The van der Waals surface area contributed by atoms with Gasteiger partial charge in [-0.15, -0.1) is 0 Å². The van der Waals surface area contributed by atoms with Gasteiger partial charge in [0.1, 0.15) is 5.82 Å². The van der Waals surface area contributed by atoms with E-state index in [1.807, 2.05) is 23.7 Å². The van der Waals surface area contributed by atoms with E-state index in [4.69, 9.17) is 0 Å². The molecule has 1 aliphatic rings. The van der Waals surface area contributed by atoms with Crippen LogP contribution >= 0.6 is 0 Å². The summed E-state index contributed by atoms with van der Waals surface area (Å²) in [5, 5.41) is 3.05. The Morgan fingerprint density at radius 1 is 1.14 bits per heavy atom. The Morgan fingerprint density at radius 2 is 1.82 bits per heavy atom. The van der Waals surface area contributed by atoms with Gasteiger partial charge in [-0.05, 0) is 55.8 Å². The van der Waals surface area contributed by atoms with Crippen LogP contribution in [0, 0.1) is 5.82 Å². The maximum Gasteiger partial charge on any atom is 0.255 e. The first-order chi connectivity index (χ1) is 10.7. The SMILES string of the molecule is CNCc1ccc(-c2ccc(F)cc2)n(C2CCCC2)c1=O. The minimum atomic E-state index is -0.259. The summed E-state index contributed by atoms with van der Waals surface area (Å²) in [4.78, 5) is 12.9. The zero-order valence-electron chi connectivity index (χ0n) is 12.8. The first kappa shape index (κ1) is 15.0. The van der Waals surface area contributed by atoms with E-state index in [-0.39, 0.29) is 17.4 Å². The van der Waals surface area contributed by atoms with Crippen molar-refractivity contribution < 1.29 is 4.39 Å². The highest BCUT2D eigenvalue weighted by Gasteiger charge is 2.22. The monoisotopic (exact) mass is 300 g/mol. The van der Waals surface area contributed by atoms with Gasteiger partial charge in [0.25, 0.3) is 5.56 Å². The van der Waals surface area contributed by atoms with E-state index in [2.05, 4.69) is 5.32 Å². The van der Waals surface area contributed by atoms with Crippen molar-refractivity contribution in [1.29, 1.82) is 0 Å². The topological polar surface area (TPSA) is 34.0 Å². The van der Waals surface area contributed by atoms with Crippen molar-refractivity contribution in [2.75, 3.05) is 7.05 Å². The Hall–Kier alpha value is -1.94. The maximum absolute atomic E-state index is 13.2. The molecule has 22 heavy (non-hydrogen) atoms. The van der Waals surface area contributed by atoms with Crippen LogP contribution in [0.3, 0.4) is 0 Å². The van der Waals surface area contributed by atoms with E-state index in [0.717, 1.165) is 42.5 Å². The first-order valence-electron chi connectivity index (χ1n) is 7.85. The largest absolute Gasteiger partial charge is 0.315 e. The first-order valence-corrected chi connectivity index (χ1v) is 7.85. The average Bonchev–Trinajstić information content (AvgIpc) is 3.04. The van der Waals surface area contributed by atoms with Crippen LogP contribution < -0.4 is 10.9 Å². The van der Waals surface area contributed by atoms with Crippen LogP contribution in [-0.4, -0.2) is 11.6 Å². The summed E-state index contributed by atoms with van der Waals surface area (Å²) < 4.78 is 15.1. The van der Waals surface area contributed by atoms with Gasteiger partial charge in [-0.3, -0.25) is 4.79 Å². The van der Waals surface area contributed by atoms with Crippen molar-refractivity contribution in [3.63, 3.8) is 0 Å². The third-order valence-corrected chi connectivity index (χ3v) is 4.39. The molecule has 3 nitrogen and oxygen atoms in total. The molecule has 1 aromatic heterocycles. The number of nitrogens with one attached hydrogen (secondary N) is 1. The number of hydrogen-bond donors (Lipinski definition) is 1. The number of rotatable bonds is 4. The number of halogens is 1. The van der Waals surface area contributed by atoms with Crippen molar-refractivity contribution in [3.8, 4) is 11.3 Å². The third-order valence-electron chi connectivity index (χ3n) is 4.39. The Morgan fingerprint density at radius 3 is 2.45 bits per heavy atom. The minimum absolute atomic E-state index is 0.0723. The second kappa shape index (κ2) is 6.44. The van der Waals surface area contributed by atoms with Gasteiger partial charge in [-0.25, -0.2) is 4.39 Å². The highest BCUT2D eigenvalue weighted by atomic mass is 19.1. The van der Waals surface area contributed by atoms with Crippen LogP contribution in [-0.2, 0) is 6.54 Å². The van der Waals surface area contributed by atoms with Crippen LogP contribution in [0.2, 0.25) is 0 Å². The number of pyridine rings is 1. The zero-order valence-corrected chi connectivity index (χ0v) is 12.8. The second-order valence-electron chi connectivity index (χ2n) is 5.89. The molecule has 116 valence electrons. The van der Waals surface area contributed by atoms with E-state index in [9.17, 15) is 9.18 Å². The number of aromatic nitrogens is 1. The van der Waals surface area contributed by atoms with Crippen LogP contribution in [0.1, 0.15) is 37.3 Å². The van der Waals surface area contributed by atoms with Crippen LogP contribution in [0.25, 0.3) is 11.3 Å². The standard InChI is InChI=1S/C18H21FN2O/c1-20-12-14-8-11-17(13-6-9-15(19)10-7-13)21(18(14)22)16-4-2-3-5-16/h6-11,16,20H,2-5,12H2,1H3. The molecule has 1 aromatic carbocycles. The Bertz CT molecular complexity index is 700. The molecule has 4 heteroatoms. The van der Waals surface area contributed by atoms with Crippen LogP contribution in [0.15, 0.2) is 41.2 Å². The van der Waals surface area contributed by atoms with Gasteiger partial charge in [-0.1, -0.05) is 18.9 Å². The lowest BCUT2D eigenvalue weighted by atomic mass is 10.1. The molecule has 1 aliphatic carbocycles. The summed E-state index contributed by atoms with van der Waals surface area (Å²) in [5.41, 5.74) is 2.63. The molecule has 0 aliphatic heterocycles. The number of benzene rings is 1. The molecule has 1 saturated carbocycles. The Balaban J connectivity index is 2.14. The quantitative estimate of drug-likeness (QED) is 0.938. The van der Waals surface area contributed by atoms with E-state index in [0.29, 0.717) is 6.54 Å². The molecular formula is C18H21FN2O. The fourth-order valence-electron chi connectivity index (χ4n) is 3.30. The van der Waals surface area contributed by atoms with E-state index in [1.54, 1.807) is 12.1 Å². The zero-order chi connectivity index (χ0) is 15.5. The van der Waals surface area contributed by atoms with Crippen molar-refractivity contribution in [1.82, 2.24) is 9.88 Å². The molecule has 1 N–H and O–H groups in total. The highest BCUT2D eigenvalue weighted by Crippen LogP contribution is 2.32. The van der Waals surface area contributed by atoms with Gasteiger partial charge in [-0.2, -0.15) is 0 Å². The molecule has 2 aromatic rings. The molecule has 0 amide bonds. The second-order valence-corrected chi connectivity index (χ2v) is 5.89. The van der Waals surface area contributed by atoms with Gasteiger partial charge >= 0.3 is 0 Å². The smallest absolute Gasteiger partial charge is 0.255 e. The van der Waals surface area contributed by atoms with Gasteiger partial charge in [0, 0.05) is 18.2 Å². The lowest BCUT2D eigenvalue weighted by molar-refractivity contribution is 0.503. The number of hydrogen-bond acceptors (Lipinski definition) is 2. The van der Waals surface area contributed by atoms with E-state index in [1.165, 1.54) is 12.1 Å². The summed E-state index contributed by atoms with van der Waals surface area (Å²) in [6, 6.07) is 10.5. The molecule has 0 atom stereocenters. The van der Waals surface area contributed by atoms with Crippen molar-refractivity contribution in [2.45, 2.75) is 38.3 Å². The molecule has 1 heterocycles. The predicted octanol–water partition coefficient (Wildman–Crippen LogP) is 3.49. The Labute approximate surface area is 129 Å². The molecular weight excluding hydrogens is 279 g/mol. The third kappa shape index (κ3) is 2.83. The van der Waals surface area contributed by atoms with Crippen molar-refractivity contribution in [2.24, 2.45) is 0 Å². The highest BCUT2D eigenvalue weighted by molar-refractivity contribution is 5.60. The summed E-state index contributed by atoms with van der Waals surface area (Å²) in [7, 11) is 1.84. The minimum Gasteiger partial charge on any atom is -0.315 e. The van der Waals surface area contributed by atoms with Gasteiger partial charge in [0.05, 0.1) is 5.69 Å².